The molecule has 5 nitrogen and oxygen atoms in total. The average molecular weight is 318 g/mol. The van der Waals surface area contributed by atoms with Gasteiger partial charge in [-0.15, -0.1) is 0 Å². The van der Waals surface area contributed by atoms with Crippen LogP contribution in [0, 0.1) is 5.41 Å². The van der Waals surface area contributed by atoms with Gasteiger partial charge in [-0.05, 0) is 12.5 Å². The molecule has 1 aromatic rings. The first-order chi connectivity index (χ1) is 10.6. The van der Waals surface area contributed by atoms with Crippen molar-refractivity contribution in [3.05, 3.63) is 18.1 Å². The van der Waals surface area contributed by atoms with E-state index in [1.54, 1.807) is 0 Å². The van der Waals surface area contributed by atoms with Crippen molar-refractivity contribution in [3.8, 4) is 0 Å². The third kappa shape index (κ3) is 4.43. The molecule has 2 rings (SSSR count). The first-order valence-electron chi connectivity index (χ1n) is 8.47. The van der Waals surface area contributed by atoms with Crippen LogP contribution in [-0.4, -0.2) is 47.0 Å². The third-order valence-electron chi connectivity index (χ3n) is 4.06. The number of anilines is 1. The topological polar surface area (TPSA) is 49.3 Å². The van der Waals surface area contributed by atoms with Crippen molar-refractivity contribution < 1.29 is 4.79 Å². The maximum Gasteiger partial charge on any atom is 0.228 e. The molecule has 2 heterocycles. The second-order valence-electron chi connectivity index (χ2n) is 8.37. The van der Waals surface area contributed by atoms with E-state index in [1.807, 2.05) is 37.9 Å². The molecule has 0 aliphatic carbocycles. The van der Waals surface area contributed by atoms with Gasteiger partial charge in [0, 0.05) is 43.2 Å². The molecule has 1 aromatic heterocycles. The summed E-state index contributed by atoms with van der Waals surface area (Å²) in [5.41, 5.74) is -0.375. The molecule has 5 heteroatoms. The fourth-order valence-corrected chi connectivity index (χ4v) is 2.71. The van der Waals surface area contributed by atoms with Crippen LogP contribution in [0.1, 0.15) is 53.8 Å². The lowest BCUT2D eigenvalue weighted by atomic mass is 9.94. The number of rotatable bonds is 1. The molecule has 1 aliphatic heterocycles. The van der Waals surface area contributed by atoms with Crippen LogP contribution in [0.25, 0.3) is 0 Å². The highest BCUT2D eigenvalue weighted by Gasteiger charge is 2.29. The van der Waals surface area contributed by atoms with Crippen LogP contribution >= 0.6 is 0 Å². The summed E-state index contributed by atoms with van der Waals surface area (Å²) in [4.78, 5) is 25.9. The van der Waals surface area contributed by atoms with Crippen molar-refractivity contribution in [1.82, 2.24) is 14.9 Å². The van der Waals surface area contributed by atoms with Crippen molar-refractivity contribution in [1.29, 1.82) is 0 Å². The summed E-state index contributed by atoms with van der Waals surface area (Å²) >= 11 is 0. The van der Waals surface area contributed by atoms with Gasteiger partial charge in [0.2, 0.25) is 5.91 Å². The number of hydrogen-bond donors (Lipinski definition) is 0. The van der Waals surface area contributed by atoms with Crippen LogP contribution in [0.3, 0.4) is 0 Å². The molecule has 0 bridgehead atoms. The van der Waals surface area contributed by atoms with Gasteiger partial charge in [0.15, 0.2) is 0 Å². The van der Waals surface area contributed by atoms with E-state index in [9.17, 15) is 4.79 Å². The second-order valence-corrected chi connectivity index (χ2v) is 8.37. The normalized spacial score (nSPS) is 17.1. The smallest absolute Gasteiger partial charge is 0.228 e. The van der Waals surface area contributed by atoms with E-state index in [2.05, 4.69) is 30.7 Å². The Morgan fingerprint density at radius 1 is 1.04 bits per heavy atom. The molecule has 0 saturated carbocycles. The molecule has 23 heavy (non-hydrogen) atoms. The van der Waals surface area contributed by atoms with Crippen molar-refractivity contribution in [2.75, 3.05) is 31.1 Å². The Bertz CT molecular complexity index is 557. The summed E-state index contributed by atoms with van der Waals surface area (Å²) in [6.07, 6.45) is 2.81. The Kier molecular flexibility index (Phi) is 4.97. The SMILES string of the molecule is CC(C)(C)C(=O)N1CCCN(c2ccnc(C(C)(C)C)n2)CC1. The van der Waals surface area contributed by atoms with E-state index in [-0.39, 0.29) is 16.7 Å². The first-order valence-corrected chi connectivity index (χ1v) is 8.47. The predicted octanol–water partition coefficient (Wildman–Crippen LogP) is 2.86. The van der Waals surface area contributed by atoms with E-state index >= 15 is 0 Å². The monoisotopic (exact) mass is 318 g/mol. The van der Waals surface area contributed by atoms with Gasteiger partial charge in [0.25, 0.3) is 0 Å². The molecule has 0 radical (unpaired) electrons. The summed E-state index contributed by atoms with van der Waals surface area (Å²) in [6, 6.07) is 1.97. The number of carbonyl (C=O) groups excluding carboxylic acids is 1. The molecule has 0 spiro atoms. The fraction of sp³-hybridized carbons (Fsp3) is 0.722. The summed E-state index contributed by atoms with van der Waals surface area (Å²) in [6.45, 7) is 15.6. The first kappa shape index (κ1) is 17.7. The molecular weight excluding hydrogens is 288 g/mol. The molecule has 1 amide bonds. The lowest BCUT2D eigenvalue weighted by molar-refractivity contribution is -0.139. The van der Waals surface area contributed by atoms with E-state index in [1.165, 1.54) is 0 Å². The number of hydrogen-bond acceptors (Lipinski definition) is 4. The molecule has 1 saturated heterocycles. The molecule has 0 unspecified atom stereocenters. The van der Waals surface area contributed by atoms with Crippen LogP contribution in [0.2, 0.25) is 0 Å². The molecular formula is C18H30N4O. The molecule has 0 atom stereocenters. The van der Waals surface area contributed by atoms with E-state index in [4.69, 9.17) is 4.98 Å². The Morgan fingerprint density at radius 3 is 2.35 bits per heavy atom. The van der Waals surface area contributed by atoms with Crippen molar-refractivity contribution >= 4 is 11.7 Å². The molecule has 128 valence electrons. The molecule has 1 aliphatic rings. The highest BCUT2D eigenvalue weighted by atomic mass is 16.2. The van der Waals surface area contributed by atoms with Crippen LogP contribution in [0.5, 0.6) is 0 Å². The number of nitrogens with zero attached hydrogens (tertiary/aromatic N) is 4. The zero-order valence-electron chi connectivity index (χ0n) is 15.4. The minimum Gasteiger partial charge on any atom is -0.355 e. The van der Waals surface area contributed by atoms with Crippen LogP contribution in [0.4, 0.5) is 5.82 Å². The summed E-state index contributed by atoms with van der Waals surface area (Å²) in [7, 11) is 0. The highest BCUT2D eigenvalue weighted by molar-refractivity contribution is 5.81. The maximum absolute atomic E-state index is 12.5. The second kappa shape index (κ2) is 6.46. The minimum atomic E-state index is -0.316. The van der Waals surface area contributed by atoms with Gasteiger partial charge in [0.05, 0.1) is 0 Å². The molecule has 1 fully saturated rings. The molecule has 0 aromatic carbocycles. The summed E-state index contributed by atoms with van der Waals surface area (Å²) in [5, 5.41) is 0. The van der Waals surface area contributed by atoms with Crippen molar-refractivity contribution in [2.24, 2.45) is 5.41 Å². The van der Waals surface area contributed by atoms with Gasteiger partial charge in [-0.2, -0.15) is 0 Å². The largest absolute Gasteiger partial charge is 0.355 e. The van der Waals surface area contributed by atoms with E-state index in [0.717, 1.165) is 44.2 Å². The highest BCUT2D eigenvalue weighted by Crippen LogP contribution is 2.22. The van der Waals surface area contributed by atoms with Gasteiger partial charge >= 0.3 is 0 Å². The Hall–Kier alpha value is -1.65. The van der Waals surface area contributed by atoms with E-state index < -0.39 is 0 Å². The Labute approximate surface area is 140 Å². The van der Waals surface area contributed by atoms with Gasteiger partial charge in [-0.3, -0.25) is 4.79 Å². The lowest BCUT2D eigenvalue weighted by Gasteiger charge is -2.28. The van der Waals surface area contributed by atoms with Gasteiger partial charge in [0.1, 0.15) is 11.6 Å². The third-order valence-corrected chi connectivity index (χ3v) is 4.06. The average Bonchev–Trinajstić information content (AvgIpc) is 2.70. The van der Waals surface area contributed by atoms with Crippen molar-refractivity contribution in [2.45, 2.75) is 53.4 Å². The standard InChI is InChI=1S/C18H30N4O/c1-17(2,3)15-19-9-8-14(20-15)21-10-7-11-22(13-12-21)16(23)18(4,5)6/h8-9H,7,10-13H2,1-6H3. The van der Waals surface area contributed by atoms with Gasteiger partial charge in [-0.25, -0.2) is 9.97 Å². The fourth-order valence-electron chi connectivity index (χ4n) is 2.71. The summed E-state index contributed by atoms with van der Waals surface area (Å²) < 4.78 is 0. The Balaban J connectivity index is 2.11. The zero-order chi connectivity index (χ0) is 17.3. The lowest BCUT2D eigenvalue weighted by Crippen LogP contribution is -2.41. The predicted molar refractivity (Wildman–Crippen MR) is 93.6 cm³/mol. The number of amides is 1. The maximum atomic E-state index is 12.5. The van der Waals surface area contributed by atoms with Crippen LogP contribution < -0.4 is 4.90 Å². The van der Waals surface area contributed by atoms with Crippen molar-refractivity contribution in [3.63, 3.8) is 0 Å². The molecule has 0 N–H and O–H groups in total. The van der Waals surface area contributed by atoms with Gasteiger partial charge in [-0.1, -0.05) is 41.5 Å². The minimum absolute atomic E-state index is 0.0594. The summed E-state index contributed by atoms with van der Waals surface area (Å²) in [5.74, 6) is 2.06. The van der Waals surface area contributed by atoms with E-state index in [0.29, 0.717) is 0 Å². The van der Waals surface area contributed by atoms with Crippen LogP contribution in [0.15, 0.2) is 12.3 Å². The number of aromatic nitrogens is 2. The number of carbonyl (C=O) groups is 1. The van der Waals surface area contributed by atoms with Crippen LogP contribution in [-0.2, 0) is 10.2 Å². The quantitative estimate of drug-likeness (QED) is 0.799. The zero-order valence-corrected chi connectivity index (χ0v) is 15.4. The van der Waals surface area contributed by atoms with Gasteiger partial charge < -0.3 is 9.80 Å². The Morgan fingerprint density at radius 2 is 1.74 bits per heavy atom.